The zero-order valence-corrected chi connectivity index (χ0v) is 19.2. The summed E-state index contributed by atoms with van der Waals surface area (Å²) < 4.78 is 12.6. The van der Waals surface area contributed by atoms with Gasteiger partial charge in [0.25, 0.3) is 0 Å². The van der Waals surface area contributed by atoms with E-state index >= 15 is 0 Å². The summed E-state index contributed by atoms with van der Waals surface area (Å²) in [5.74, 6) is 0.861. The number of nitrogens with zero attached hydrogens (tertiary/aromatic N) is 5. The number of rotatable bonds is 8. The summed E-state index contributed by atoms with van der Waals surface area (Å²) in [5.41, 5.74) is 7.98. The van der Waals surface area contributed by atoms with E-state index in [1.54, 1.807) is 28.7 Å². The average molecular weight is 489 g/mol. The number of benzene rings is 1. The van der Waals surface area contributed by atoms with Crippen LogP contribution >= 0.6 is 0 Å². The first-order valence-electron chi connectivity index (χ1n) is 10.8. The lowest BCUT2D eigenvalue weighted by atomic mass is 10.1. The number of ether oxygens (including phenoxy) is 2. The van der Waals surface area contributed by atoms with Crippen molar-refractivity contribution in [3.05, 3.63) is 42.5 Å². The molecule has 0 unspecified atom stereocenters. The van der Waals surface area contributed by atoms with E-state index in [0.717, 1.165) is 5.56 Å². The number of hydrogen-bond acceptors (Lipinski definition) is 10. The first-order valence-corrected chi connectivity index (χ1v) is 10.8. The fraction of sp³-hybridized carbons (Fsp3) is 0.455. The predicted octanol–water partition coefficient (Wildman–Crippen LogP) is -0.794. The number of methoxy groups -OCH3 is 1. The molecule has 0 bridgehead atoms. The number of nitrogens with two attached hydrogens (primary N) is 1. The molecule has 5 N–H and O–H groups in total. The molecule has 3 aromatic rings. The minimum Gasteiger partial charge on any atom is -0.497 e. The van der Waals surface area contributed by atoms with Crippen molar-refractivity contribution < 1.29 is 24.5 Å². The third-order valence-corrected chi connectivity index (χ3v) is 5.85. The first kappa shape index (κ1) is 23.8. The highest BCUT2D eigenvalue weighted by atomic mass is 16.7. The molecule has 34 heavy (non-hydrogen) atoms. The molecule has 0 spiro atoms. The molecule has 0 aliphatic carbocycles. The summed E-state index contributed by atoms with van der Waals surface area (Å²) in [6.45, 7) is -0.406. The van der Waals surface area contributed by atoms with E-state index in [9.17, 15) is 15.0 Å². The fourth-order valence-corrected chi connectivity index (χ4v) is 4.04. The number of fused-ring (bicyclic) bond motifs is 1. The highest BCUT2D eigenvalue weighted by Gasteiger charge is 2.46. The molecule has 5 atom stereocenters. The molecule has 1 aromatic carbocycles. The van der Waals surface area contributed by atoms with Crippen molar-refractivity contribution in [2.24, 2.45) is 5.73 Å². The molecule has 1 amide bonds. The maximum atomic E-state index is 12.8. The Balaban J connectivity index is 1.49. The van der Waals surface area contributed by atoms with E-state index in [1.807, 2.05) is 26.2 Å². The molecule has 12 nitrogen and oxygen atoms in total. The van der Waals surface area contributed by atoms with Crippen molar-refractivity contribution in [3.8, 4) is 5.75 Å². The van der Waals surface area contributed by atoms with Gasteiger partial charge in [-0.1, -0.05) is 12.1 Å². The van der Waals surface area contributed by atoms with E-state index in [1.165, 1.54) is 12.7 Å². The van der Waals surface area contributed by atoms with Crippen LogP contribution in [-0.2, 0) is 16.0 Å². The Morgan fingerprint density at radius 1 is 1.38 bits per heavy atom. The zero-order chi connectivity index (χ0) is 24.4. The summed E-state index contributed by atoms with van der Waals surface area (Å²) in [6.07, 6.45) is 0.250. The summed E-state index contributed by atoms with van der Waals surface area (Å²) in [7, 11) is 5.25. The lowest BCUT2D eigenvalue weighted by Crippen LogP contribution is -2.53. The molecule has 1 saturated heterocycles. The normalized spacial score (nSPS) is 23.1. The second kappa shape index (κ2) is 9.89. The van der Waals surface area contributed by atoms with Gasteiger partial charge < -0.3 is 35.6 Å². The smallest absolute Gasteiger partial charge is 0.237 e. The van der Waals surface area contributed by atoms with E-state index < -0.39 is 43.0 Å². The topological polar surface area (TPSA) is 161 Å². The molecule has 12 heteroatoms. The molecular weight excluding hydrogens is 460 g/mol. The van der Waals surface area contributed by atoms with Crippen LogP contribution in [0.15, 0.2) is 36.9 Å². The highest BCUT2D eigenvalue weighted by molar-refractivity contribution is 5.83. The highest BCUT2D eigenvalue weighted by Crippen LogP contribution is 2.32. The molecule has 4 rings (SSSR count). The maximum absolute atomic E-state index is 12.8. The number of carbonyl (C=O) groups is 1. The molecule has 0 radical (unpaired) electrons. The van der Waals surface area contributed by atoms with Gasteiger partial charge in [0, 0.05) is 14.1 Å². The number of aliphatic hydroxyl groups is 2. The van der Waals surface area contributed by atoms with Gasteiger partial charge in [0.15, 0.2) is 23.2 Å². The third kappa shape index (κ3) is 4.53. The maximum Gasteiger partial charge on any atom is 0.237 e. The van der Waals surface area contributed by atoms with Crippen LogP contribution in [0.1, 0.15) is 11.8 Å². The van der Waals surface area contributed by atoms with E-state index in [4.69, 9.17) is 15.2 Å². The number of amides is 1. The number of nitrogens with one attached hydrogen (secondary N) is 1. The van der Waals surface area contributed by atoms with Crippen molar-refractivity contribution in [2.45, 2.75) is 36.9 Å². The van der Waals surface area contributed by atoms with Crippen molar-refractivity contribution in [2.75, 3.05) is 32.7 Å². The van der Waals surface area contributed by atoms with Crippen LogP contribution in [0.2, 0.25) is 0 Å². The number of aromatic nitrogens is 4. The number of aliphatic hydroxyl groups excluding tert-OH is 2. The molecule has 2 aromatic heterocycles. The van der Waals surface area contributed by atoms with Crippen LogP contribution in [0, 0.1) is 0 Å². The minimum atomic E-state index is -1.18. The van der Waals surface area contributed by atoms with Gasteiger partial charge in [0.1, 0.15) is 24.3 Å². The number of anilines is 1. The Kier molecular flexibility index (Phi) is 6.93. The molecule has 1 fully saturated rings. The Hall–Kier alpha value is -3.32. The second-order valence-electron chi connectivity index (χ2n) is 8.35. The Bertz CT molecular complexity index is 1140. The van der Waals surface area contributed by atoms with Crippen molar-refractivity contribution in [1.29, 1.82) is 0 Å². The fourth-order valence-electron chi connectivity index (χ4n) is 4.04. The molecular formula is C22H29N7O5. The van der Waals surface area contributed by atoms with Crippen LogP contribution in [0.5, 0.6) is 5.75 Å². The van der Waals surface area contributed by atoms with Gasteiger partial charge in [0.2, 0.25) is 5.91 Å². The van der Waals surface area contributed by atoms with Crippen LogP contribution in [0.4, 0.5) is 5.82 Å². The quantitative estimate of drug-likeness (QED) is 0.316. The second-order valence-corrected chi connectivity index (χ2v) is 8.35. The Labute approximate surface area is 196 Å². The largest absolute Gasteiger partial charge is 0.497 e. The van der Waals surface area contributed by atoms with E-state index in [2.05, 4.69) is 20.3 Å². The zero-order valence-electron chi connectivity index (χ0n) is 19.2. The Morgan fingerprint density at radius 2 is 2.12 bits per heavy atom. The summed E-state index contributed by atoms with van der Waals surface area (Å²) in [6, 6.07) is 5.52. The SMILES string of the molecule is CO[14c]1[14cH][14cH][14c]([14CH2][14C@@H](N)[14C](=O)N[C@H]2[C@@H](O)[C@H](n3cnc4c(N(C)C)ncnc43)O[C@@H]2CO)[14cH][14cH]1. The van der Waals surface area contributed by atoms with Crippen LogP contribution in [-0.4, -0.2) is 87.7 Å². The van der Waals surface area contributed by atoms with Crippen LogP contribution in [0.3, 0.4) is 0 Å². The average Bonchev–Trinajstić information content (AvgIpc) is 3.40. The van der Waals surface area contributed by atoms with E-state index in [-0.39, 0.29) is 0 Å². The van der Waals surface area contributed by atoms with Gasteiger partial charge in [0.05, 0.1) is 32.1 Å². The van der Waals surface area contributed by atoms with Crippen molar-refractivity contribution in [3.63, 3.8) is 0 Å². The molecule has 0 saturated carbocycles. The lowest BCUT2D eigenvalue weighted by Gasteiger charge is -2.23. The standard InChI is InChI=1S/C22H29N7O5/c1-28(2)19-17-20(25-10-24-19)29(11-26-17)22-18(31)16(15(9-30)34-22)27-21(32)14(23)8-12-4-6-13(33-3)7-5-12/h4-7,10-11,14-16,18,22,30-31H,8-9,23H2,1-3H3,(H,27,32)/t14-,15-,16-,18-,22-/m1/s1/i4+2,5+2,6+2,7+2,8+2,12+2,13+2,14+2,21+2. The van der Waals surface area contributed by atoms with Gasteiger partial charge in [-0.3, -0.25) is 9.36 Å². The molecule has 3 heterocycles. The minimum absolute atomic E-state index is 0.295. The van der Waals surface area contributed by atoms with Gasteiger partial charge in [-0.15, -0.1) is 0 Å². The number of carbonyl (C=O) groups excluding carboxylic acids is 1. The number of imidazole rings is 1. The first-order chi connectivity index (χ1) is 16.3. The molecule has 182 valence electrons. The lowest BCUT2D eigenvalue weighted by molar-refractivity contribution is -0.124. The summed E-state index contributed by atoms with van der Waals surface area (Å²) in [4.78, 5) is 27.5. The Morgan fingerprint density at radius 3 is 2.76 bits per heavy atom. The van der Waals surface area contributed by atoms with Crippen molar-refractivity contribution in [1.82, 2.24) is 24.8 Å². The monoisotopic (exact) mass is 489 g/mol. The van der Waals surface area contributed by atoms with Crippen molar-refractivity contribution >= 4 is 22.9 Å². The van der Waals surface area contributed by atoms with Crippen LogP contribution in [0.25, 0.3) is 11.2 Å². The predicted molar refractivity (Wildman–Crippen MR) is 123 cm³/mol. The summed E-state index contributed by atoms with van der Waals surface area (Å²) >= 11 is 0. The number of hydrogen-bond donors (Lipinski definition) is 4. The van der Waals surface area contributed by atoms with Gasteiger partial charge in [-0.05, 0) is 24.1 Å². The van der Waals surface area contributed by atoms with Gasteiger partial charge >= 0.3 is 0 Å². The third-order valence-electron chi connectivity index (χ3n) is 5.85. The van der Waals surface area contributed by atoms with Crippen LogP contribution < -0.4 is 20.7 Å². The van der Waals surface area contributed by atoms with Gasteiger partial charge in [-0.2, -0.15) is 0 Å². The van der Waals surface area contributed by atoms with E-state index in [0.29, 0.717) is 29.2 Å². The molecule has 1 aliphatic rings. The summed E-state index contributed by atoms with van der Waals surface area (Å²) in [5, 5.41) is 23.6. The molecule has 1 aliphatic heterocycles. The van der Waals surface area contributed by atoms with Gasteiger partial charge in [-0.25, -0.2) is 15.0 Å².